The smallest absolute Gasteiger partial charge is 0.225 e. The summed E-state index contributed by atoms with van der Waals surface area (Å²) in [6.45, 7) is 0. The molecule has 2 aliphatic rings. The summed E-state index contributed by atoms with van der Waals surface area (Å²) in [5, 5.41) is 3.12. The minimum Gasteiger partial charge on any atom is -0.309 e. The van der Waals surface area contributed by atoms with Gasteiger partial charge in [-0.15, -0.1) is 0 Å². The molecule has 0 saturated heterocycles. The number of carbonyl (C=O) groups excluding carboxylic acids is 1. The van der Waals surface area contributed by atoms with Gasteiger partial charge in [0.25, 0.3) is 0 Å². The van der Waals surface area contributed by atoms with E-state index in [1.165, 1.54) is 51.4 Å². The quantitative estimate of drug-likeness (QED) is 0.685. The molecule has 2 aliphatic carbocycles. The average Bonchev–Trinajstić information content (AvgIpc) is 2.76. The molecule has 1 N–H and O–H groups in total. The first-order chi connectivity index (χ1) is 13.8. The Morgan fingerprint density at radius 2 is 1.61 bits per heavy atom. The summed E-state index contributed by atoms with van der Waals surface area (Å²) in [5.41, 5.74) is 2.96. The predicted molar refractivity (Wildman–Crippen MR) is 113 cm³/mol. The number of amides is 1. The van der Waals surface area contributed by atoms with Crippen molar-refractivity contribution in [2.75, 3.05) is 5.32 Å². The Morgan fingerprint density at radius 3 is 2.32 bits per heavy atom. The molecule has 0 atom stereocenters. The van der Waals surface area contributed by atoms with E-state index in [-0.39, 0.29) is 5.91 Å². The summed E-state index contributed by atoms with van der Waals surface area (Å²) in [5.74, 6) is 1.72. The van der Waals surface area contributed by atoms with E-state index in [1.807, 2.05) is 18.2 Å². The molecule has 2 saturated carbocycles. The first kappa shape index (κ1) is 19.1. The largest absolute Gasteiger partial charge is 0.309 e. The van der Waals surface area contributed by atoms with Gasteiger partial charge >= 0.3 is 0 Å². The summed E-state index contributed by atoms with van der Waals surface area (Å²) in [6.07, 6.45) is 14.7. The maximum absolute atomic E-state index is 12.7. The lowest BCUT2D eigenvalue weighted by atomic mass is 9.86. The van der Waals surface area contributed by atoms with Crippen LogP contribution in [0.1, 0.15) is 82.2 Å². The van der Waals surface area contributed by atoms with Crippen LogP contribution in [0.15, 0.2) is 36.5 Å². The fourth-order valence-corrected chi connectivity index (χ4v) is 4.74. The van der Waals surface area contributed by atoms with Crippen molar-refractivity contribution in [2.45, 2.75) is 76.5 Å². The van der Waals surface area contributed by atoms with E-state index in [2.05, 4.69) is 22.4 Å². The Bertz CT molecular complexity index is 778. The Labute approximate surface area is 168 Å². The molecule has 0 bridgehead atoms. The Morgan fingerprint density at radius 1 is 0.929 bits per heavy atom. The van der Waals surface area contributed by atoms with Crippen molar-refractivity contribution in [3.05, 3.63) is 42.2 Å². The van der Waals surface area contributed by atoms with Crippen molar-refractivity contribution in [3.8, 4) is 11.3 Å². The van der Waals surface area contributed by atoms with E-state index in [4.69, 9.17) is 4.98 Å². The minimum atomic E-state index is 0.103. The first-order valence-electron chi connectivity index (χ1n) is 11.0. The lowest BCUT2D eigenvalue weighted by molar-refractivity contribution is -0.117. The van der Waals surface area contributed by atoms with E-state index in [0.717, 1.165) is 29.8 Å². The van der Waals surface area contributed by atoms with Crippen LogP contribution in [0.5, 0.6) is 0 Å². The third-order valence-corrected chi connectivity index (χ3v) is 6.32. The maximum Gasteiger partial charge on any atom is 0.225 e. The minimum absolute atomic E-state index is 0.103. The second-order valence-electron chi connectivity index (χ2n) is 8.45. The topological polar surface area (TPSA) is 54.9 Å². The summed E-state index contributed by atoms with van der Waals surface area (Å²) in [4.78, 5) is 22.3. The molecule has 0 aliphatic heterocycles. The summed E-state index contributed by atoms with van der Waals surface area (Å²) >= 11 is 0. The number of benzene rings is 1. The first-order valence-corrected chi connectivity index (χ1v) is 11.0. The monoisotopic (exact) mass is 377 g/mol. The normalized spacial score (nSPS) is 18.7. The molecule has 0 spiro atoms. The Balaban J connectivity index is 1.55. The van der Waals surface area contributed by atoms with Gasteiger partial charge in [-0.1, -0.05) is 68.9 Å². The van der Waals surface area contributed by atoms with Crippen molar-refractivity contribution in [1.82, 2.24) is 9.97 Å². The number of anilines is 1. The number of hydrogen-bond donors (Lipinski definition) is 1. The van der Waals surface area contributed by atoms with Gasteiger partial charge in [-0.3, -0.25) is 4.79 Å². The SMILES string of the molecule is O=C(CC1CCCCC1)Nc1ncc(-c2ccccc2)nc1C1CCCCC1. The van der Waals surface area contributed by atoms with Gasteiger partial charge in [0.05, 0.1) is 17.6 Å². The highest BCUT2D eigenvalue weighted by atomic mass is 16.1. The van der Waals surface area contributed by atoms with E-state index in [1.54, 1.807) is 6.20 Å². The van der Waals surface area contributed by atoms with Crippen LogP contribution in [0.25, 0.3) is 11.3 Å². The van der Waals surface area contributed by atoms with Crippen molar-refractivity contribution in [1.29, 1.82) is 0 Å². The molecule has 1 heterocycles. The third-order valence-electron chi connectivity index (χ3n) is 6.32. The Kier molecular flexibility index (Phi) is 6.35. The summed E-state index contributed by atoms with van der Waals surface area (Å²) < 4.78 is 0. The highest BCUT2D eigenvalue weighted by Crippen LogP contribution is 2.36. The van der Waals surface area contributed by atoms with Crippen molar-refractivity contribution in [2.24, 2.45) is 5.92 Å². The van der Waals surface area contributed by atoms with Crippen LogP contribution in [0.3, 0.4) is 0 Å². The molecule has 0 unspecified atom stereocenters. The van der Waals surface area contributed by atoms with Gasteiger partial charge in [-0.2, -0.15) is 0 Å². The van der Waals surface area contributed by atoms with Gasteiger partial charge in [0.15, 0.2) is 5.82 Å². The van der Waals surface area contributed by atoms with Crippen LogP contribution in [0.2, 0.25) is 0 Å². The number of rotatable bonds is 5. The number of nitrogens with one attached hydrogen (secondary N) is 1. The van der Waals surface area contributed by atoms with Crippen LogP contribution in [-0.2, 0) is 4.79 Å². The molecule has 4 rings (SSSR count). The van der Waals surface area contributed by atoms with E-state index < -0.39 is 0 Å². The second-order valence-corrected chi connectivity index (χ2v) is 8.45. The van der Waals surface area contributed by atoms with Crippen LogP contribution < -0.4 is 5.32 Å². The van der Waals surface area contributed by atoms with E-state index >= 15 is 0 Å². The van der Waals surface area contributed by atoms with Gasteiger partial charge in [0.2, 0.25) is 5.91 Å². The predicted octanol–water partition coefficient (Wildman–Crippen LogP) is 6.10. The number of carbonyl (C=O) groups is 1. The van der Waals surface area contributed by atoms with Gasteiger partial charge in [-0.25, -0.2) is 9.97 Å². The zero-order valence-electron chi connectivity index (χ0n) is 16.7. The van der Waals surface area contributed by atoms with Crippen LogP contribution >= 0.6 is 0 Å². The van der Waals surface area contributed by atoms with Gasteiger partial charge < -0.3 is 5.32 Å². The zero-order valence-corrected chi connectivity index (χ0v) is 16.7. The van der Waals surface area contributed by atoms with E-state index in [0.29, 0.717) is 24.1 Å². The van der Waals surface area contributed by atoms with Crippen LogP contribution in [0.4, 0.5) is 5.82 Å². The second kappa shape index (κ2) is 9.31. The lowest BCUT2D eigenvalue weighted by Gasteiger charge is -2.24. The number of nitrogens with zero attached hydrogens (tertiary/aromatic N) is 2. The third kappa shape index (κ3) is 4.78. The molecule has 1 aromatic heterocycles. The fourth-order valence-electron chi connectivity index (χ4n) is 4.74. The number of hydrogen-bond acceptors (Lipinski definition) is 3. The molecule has 1 amide bonds. The zero-order chi connectivity index (χ0) is 19.2. The Hall–Kier alpha value is -2.23. The van der Waals surface area contributed by atoms with Gasteiger partial charge in [0.1, 0.15) is 0 Å². The molecular weight excluding hydrogens is 346 g/mol. The molecule has 1 aromatic carbocycles. The van der Waals surface area contributed by atoms with Crippen LogP contribution in [-0.4, -0.2) is 15.9 Å². The molecule has 0 radical (unpaired) electrons. The number of aromatic nitrogens is 2. The maximum atomic E-state index is 12.7. The summed E-state index contributed by atoms with van der Waals surface area (Å²) in [6, 6.07) is 10.2. The molecule has 4 nitrogen and oxygen atoms in total. The average molecular weight is 378 g/mol. The van der Waals surface area contributed by atoms with Gasteiger partial charge in [-0.05, 0) is 31.6 Å². The molecule has 2 fully saturated rings. The molecular formula is C24H31N3O. The van der Waals surface area contributed by atoms with E-state index in [9.17, 15) is 4.79 Å². The highest BCUT2D eigenvalue weighted by molar-refractivity contribution is 5.90. The van der Waals surface area contributed by atoms with Crippen molar-refractivity contribution >= 4 is 11.7 Å². The summed E-state index contributed by atoms with van der Waals surface area (Å²) in [7, 11) is 0. The van der Waals surface area contributed by atoms with Crippen molar-refractivity contribution in [3.63, 3.8) is 0 Å². The molecule has 28 heavy (non-hydrogen) atoms. The molecule has 148 valence electrons. The lowest BCUT2D eigenvalue weighted by Crippen LogP contribution is -2.21. The molecule has 4 heteroatoms. The fraction of sp³-hybridized carbons (Fsp3) is 0.542. The van der Waals surface area contributed by atoms with Gasteiger partial charge in [0, 0.05) is 17.9 Å². The highest BCUT2D eigenvalue weighted by Gasteiger charge is 2.24. The standard InChI is InChI=1S/C24H31N3O/c28-22(16-18-10-4-1-5-11-18)27-24-23(20-14-8-3-9-15-20)26-21(17-25-24)19-12-6-2-7-13-19/h2,6-7,12-13,17-18,20H,1,3-5,8-11,14-16H2,(H,25,27,28). The molecule has 2 aromatic rings. The van der Waals surface area contributed by atoms with Crippen LogP contribution in [0, 0.1) is 5.92 Å². The van der Waals surface area contributed by atoms with Crippen molar-refractivity contribution < 1.29 is 4.79 Å².